The molecule has 4 N–H and O–H groups in total. The van der Waals surface area contributed by atoms with Crippen LogP contribution in [0.5, 0.6) is 23.0 Å². The molecular weight excluding hydrogens is 1040 g/mol. The largest absolute Gasteiger partial charge is 0.508 e. The monoisotopic (exact) mass is 1110 g/mol. The molecule has 84 heavy (non-hydrogen) atoms. The topological polar surface area (TPSA) is 151 Å². The third-order valence-corrected chi connectivity index (χ3v) is 17.8. The molecule has 0 saturated heterocycles. The number of carbonyl (C=O) groups excluding carboxylic acids is 4. The van der Waals surface area contributed by atoms with Gasteiger partial charge in [0, 0.05) is 57.0 Å². The SMILES string of the molecule is O=C(NCCCCCCNC(=O)C1C(/C=C/c2ccccc2)(c2ccccc2O)C2C(=O)Oc3ccccc3C12/C=C/c1ccccc1)C1C(/C=C/c2ccccc2)(c2ccccc2O)C2C(=O)Oc3ccccc3C12/C=C/c1ccccc1. The van der Waals surface area contributed by atoms with E-state index in [0.717, 1.165) is 22.3 Å². The van der Waals surface area contributed by atoms with Crippen molar-refractivity contribution in [3.05, 3.63) is 287 Å². The molecule has 2 saturated carbocycles. The van der Waals surface area contributed by atoms with Crippen molar-refractivity contribution in [2.75, 3.05) is 13.1 Å². The molecule has 4 aliphatic rings. The van der Waals surface area contributed by atoms with Crippen LogP contribution in [0.25, 0.3) is 24.3 Å². The molecule has 10 nitrogen and oxygen atoms in total. The number of amides is 2. The number of esters is 2. The second kappa shape index (κ2) is 23.2. The molecule has 12 rings (SSSR count). The van der Waals surface area contributed by atoms with E-state index in [9.17, 15) is 19.8 Å². The van der Waals surface area contributed by atoms with Crippen LogP contribution in [0.3, 0.4) is 0 Å². The zero-order valence-electron chi connectivity index (χ0n) is 46.3. The molecule has 0 aromatic heterocycles. The fourth-order valence-corrected chi connectivity index (χ4v) is 14.3. The number of ether oxygens (including phenoxy) is 2. The number of benzene rings is 8. The van der Waals surface area contributed by atoms with Gasteiger partial charge in [0.05, 0.1) is 23.7 Å². The first-order chi connectivity index (χ1) is 41.1. The molecule has 2 aliphatic heterocycles. The van der Waals surface area contributed by atoms with Gasteiger partial charge in [0.15, 0.2) is 0 Å². The maximum absolute atomic E-state index is 15.6. The predicted octanol–water partition coefficient (Wildman–Crippen LogP) is 13.1. The van der Waals surface area contributed by atoms with Gasteiger partial charge in [0.2, 0.25) is 11.8 Å². The number of allylic oxidation sites excluding steroid dienone is 4. The number of phenols is 2. The average molecular weight is 1110 g/mol. The summed E-state index contributed by atoms with van der Waals surface area (Å²) in [5, 5.41) is 30.2. The van der Waals surface area contributed by atoms with E-state index in [4.69, 9.17) is 9.47 Å². The fraction of sp³-hybridized carbons (Fsp3) is 0.189. The lowest BCUT2D eigenvalue weighted by Crippen LogP contribution is -2.75. The van der Waals surface area contributed by atoms with Crippen LogP contribution in [0.4, 0.5) is 0 Å². The van der Waals surface area contributed by atoms with Crippen molar-refractivity contribution in [2.24, 2.45) is 23.7 Å². The maximum atomic E-state index is 15.6. The Morgan fingerprint density at radius 1 is 0.369 bits per heavy atom. The smallest absolute Gasteiger partial charge is 0.316 e. The Labute approximate surface area is 489 Å². The van der Waals surface area contributed by atoms with Gasteiger partial charge >= 0.3 is 11.9 Å². The second-order valence-electron chi connectivity index (χ2n) is 22.3. The predicted molar refractivity (Wildman–Crippen MR) is 327 cm³/mol. The van der Waals surface area contributed by atoms with Crippen LogP contribution >= 0.6 is 0 Å². The highest BCUT2D eigenvalue weighted by atomic mass is 16.5. The summed E-state index contributed by atoms with van der Waals surface area (Å²) in [6.45, 7) is 0.643. The molecule has 8 aromatic rings. The Morgan fingerprint density at radius 3 is 0.964 bits per heavy atom. The second-order valence-corrected chi connectivity index (χ2v) is 22.3. The fourth-order valence-electron chi connectivity index (χ4n) is 14.3. The van der Waals surface area contributed by atoms with Crippen LogP contribution in [0, 0.1) is 23.7 Å². The Balaban J connectivity index is 0.821. The number of hydrogen-bond donors (Lipinski definition) is 4. The van der Waals surface area contributed by atoms with Crippen LogP contribution in [0.1, 0.15) is 70.2 Å². The molecule has 8 unspecified atom stereocenters. The highest BCUT2D eigenvalue weighted by Crippen LogP contribution is 2.72. The maximum Gasteiger partial charge on any atom is 0.316 e. The van der Waals surface area contributed by atoms with E-state index in [-0.39, 0.29) is 23.3 Å². The number of unbranched alkanes of at least 4 members (excludes halogenated alkanes) is 3. The zero-order chi connectivity index (χ0) is 57.7. The highest BCUT2D eigenvalue weighted by molar-refractivity contribution is 5.98. The van der Waals surface area contributed by atoms with Crippen molar-refractivity contribution >= 4 is 48.1 Å². The van der Waals surface area contributed by atoms with E-state index in [1.807, 2.05) is 218 Å². The lowest BCUT2D eigenvalue weighted by molar-refractivity contribution is -0.168. The van der Waals surface area contributed by atoms with Gasteiger partial charge in [-0.3, -0.25) is 19.2 Å². The van der Waals surface area contributed by atoms with Crippen molar-refractivity contribution in [1.82, 2.24) is 10.6 Å². The zero-order valence-corrected chi connectivity index (χ0v) is 46.3. The highest BCUT2D eigenvalue weighted by Gasteiger charge is 2.79. The minimum atomic E-state index is -1.36. The van der Waals surface area contributed by atoms with Crippen LogP contribution in [0.2, 0.25) is 0 Å². The van der Waals surface area contributed by atoms with Crippen LogP contribution in [-0.2, 0) is 40.8 Å². The minimum absolute atomic E-state index is 0.0399. The first-order valence-corrected chi connectivity index (χ1v) is 28.8. The van der Waals surface area contributed by atoms with Gasteiger partial charge in [-0.15, -0.1) is 0 Å². The molecule has 418 valence electrons. The van der Waals surface area contributed by atoms with Crippen LogP contribution in [0.15, 0.2) is 243 Å². The van der Waals surface area contributed by atoms with Gasteiger partial charge in [-0.2, -0.15) is 0 Å². The van der Waals surface area contributed by atoms with Crippen molar-refractivity contribution in [1.29, 1.82) is 0 Å². The molecule has 2 aliphatic carbocycles. The molecule has 0 bridgehead atoms. The molecule has 8 atom stereocenters. The summed E-state index contributed by atoms with van der Waals surface area (Å²) in [5.74, 6) is -4.65. The summed E-state index contributed by atoms with van der Waals surface area (Å²) in [5.41, 5.74) is 0.691. The van der Waals surface area contributed by atoms with Crippen LogP contribution in [-0.4, -0.2) is 47.1 Å². The molecule has 2 fully saturated rings. The molecular formula is C74H64N2O8. The van der Waals surface area contributed by atoms with Crippen molar-refractivity contribution in [3.63, 3.8) is 0 Å². The van der Waals surface area contributed by atoms with Gasteiger partial charge in [-0.25, -0.2) is 0 Å². The van der Waals surface area contributed by atoms with E-state index < -0.39 is 57.3 Å². The summed E-state index contributed by atoms with van der Waals surface area (Å²) >= 11 is 0. The molecule has 8 aromatic carbocycles. The van der Waals surface area contributed by atoms with Gasteiger partial charge < -0.3 is 30.3 Å². The summed E-state index contributed by atoms with van der Waals surface area (Å²) < 4.78 is 12.4. The number of hydrogen-bond acceptors (Lipinski definition) is 8. The molecule has 2 heterocycles. The third-order valence-electron chi connectivity index (χ3n) is 17.8. The summed E-state index contributed by atoms with van der Waals surface area (Å²) in [6, 6.07) is 67.6. The lowest BCUT2D eigenvalue weighted by Gasteiger charge is -2.66. The Kier molecular flexibility index (Phi) is 15.1. The molecule has 0 spiro atoms. The molecule has 2 amide bonds. The molecule has 10 heteroatoms. The average Bonchev–Trinajstić information content (AvgIpc) is 0.665. The Morgan fingerprint density at radius 2 is 0.643 bits per heavy atom. The molecule has 0 radical (unpaired) electrons. The lowest BCUT2D eigenvalue weighted by atomic mass is 9.34. The van der Waals surface area contributed by atoms with E-state index in [0.29, 0.717) is 72.5 Å². The van der Waals surface area contributed by atoms with Crippen molar-refractivity contribution in [2.45, 2.75) is 47.3 Å². The van der Waals surface area contributed by atoms with Crippen molar-refractivity contribution in [3.8, 4) is 23.0 Å². The van der Waals surface area contributed by atoms with E-state index >= 15 is 9.59 Å². The quantitative estimate of drug-likeness (QED) is 0.0355. The number of para-hydroxylation sites is 4. The first kappa shape index (κ1) is 54.8. The van der Waals surface area contributed by atoms with Gasteiger partial charge in [-0.1, -0.05) is 256 Å². The number of phenolic OH excluding ortho intramolecular Hbond substituents is 2. The third kappa shape index (κ3) is 9.41. The number of fused-ring (bicyclic) bond motifs is 6. The van der Waals surface area contributed by atoms with E-state index in [1.54, 1.807) is 48.5 Å². The summed E-state index contributed by atoms with van der Waals surface area (Å²) in [4.78, 5) is 60.8. The minimum Gasteiger partial charge on any atom is -0.508 e. The summed E-state index contributed by atoms with van der Waals surface area (Å²) in [7, 11) is 0. The number of nitrogens with one attached hydrogen (secondary N) is 2. The van der Waals surface area contributed by atoms with Crippen LogP contribution < -0.4 is 20.1 Å². The number of aromatic hydroxyl groups is 2. The van der Waals surface area contributed by atoms with Crippen molar-refractivity contribution < 1.29 is 38.9 Å². The Bertz CT molecular complexity index is 3610. The Hall–Kier alpha value is -9.80. The number of carbonyl (C=O) groups is 4. The first-order valence-electron chi connectivity index (χ1n) is 28.8. The van der Waals surface area contributed by atoms with Gasteiger partial charge in [0.1, 0.15) is 23.0 Å². The number of rotatable bonds is 19. The van der Waals surface area contributed by atoms with E-state index in [2.05, 4.69) is 10.6 Å². The normalized spacial score (nSPS) is 24.7. The van der Waals surface area contributed by atoms with Gasteiger partial charge in [-0.05, 0) is 59.4 Å². The summed E-state index contributed by atoms with van der Waals surface area (Å²) in [6.07, 6.45) is 18.3. The van der Waals surface area contributed by atoms with Gasteiger partial charge in [0.25, 0.3) is 0 Å². The van der Waals surface area contributed by atoms with E-state index in [1.165, 1.54) is 0 Å². The standard InChI is InChI=1S/C74H64N2O8/c77-59-37-19-15-33-55(59)71(45-41-51-25-7-3-8-26-51)63(73(47-43-53-29-11-5-12-30-53)57-35-17-21-39-61(57)83-69(81)65(71)73)67(79)75-49-23-1-2-24-50-76-68(80)64-72(56-34-16-20-38-60(56)78,46-42-52-27-9-4-10-28-52)66-70(82)84-62-40-22-18-36-58(62)74(64,66)48-44-54-31-13-6-14-32-54/h3-22,25-48,63-66,77-78H,1-2,23-24,49-50H2,(H,75,79)(H,76,80)/b45-41+,46-42+,47-43+,48-44+.